The Morgan fingerprint density at radius 1 is 1.00 bits per heavy atom. The van der Waals surface area contributed by atoms with Crippen LogP contribution in [0.3, 0.4) is 0 Å². The molecule has 0 bridgehead atoms. The molecule has 0 spiro atoms. The number of carbonyl (C=O) groups excluding carboxylic acids is 1. The van der Waals surface area contributed by atoms with Crippen molar-refractivity contribution in [2.75, 3.05) is 5.32 Å². The zero-order valence-corrected chi connectivity index (χ0v) is 14.0. The summed E-state index contributed by atoms with van der Waals surface area (Å²) in [6, 6.07) is 10.1. The molecule has 3 nitrogen and oxygen atoms in total. The fourth-order valence-corrected chi connectivity index (χ4v) is 2.95. The van der Waals surface area contributed by atoms with Gasteiger partial charge in [-0.15, -0.1) is 0 Å². The van der Waals surface area contributed by atoms with Gasteiger partial charge in [0, 0.05) is 16.6 Å². The number of benzene rings is 2. The van der Waals surface area contributed by atoms with Crippen LogP contribution in [0.4, 0.5) is 5.69 Å². The fourth-order valence-electron chi connectivity index (χ4n) is 2.95. The van der Waals surface area contributed by atoms with Crippen molar-refractivity contribution in [3.8, 4) is 0 Å². The summed E-state index contributed by atoms with van der Waals surface area (Å²) < 4.78 is 5.62. The number of anilines is 1. The summed E-state index contributed by atoms with van der Waals surface area (Å²) in [6.45, 7) is 8.19. The molecule has 118 valence electrons. The van der Waals surface area contributed by atoms with Gasteiger partial charge in [-0.3, -0.25) is 4.79 Å². The van der Waals surface area contributed by atoms with Gasteiger partial charge < -0.3 is 9.73 Å². The van der Waals surface area contributed by atoms with Crippen LogP contribution in [0.5, 0.6) is 0 Å². The topological polar surface area (TPSA) is 42.2 Å². The van der Waals surface area contributed by atoms with E-state index in [-0.39, 0.29) is 5.91 Å². The Morgan fingerprint density at radius 2 is 1.78 bits per heavy atom. The zero-order chi connectivity index (χ0) is 16.6. The maximum Gasteiger partial charge on any atom is 0.228 e. The third-order valence-electron chi connectivity index (χ3n) is 4.23. The molecule has 0 aliphatic heterocycles. The molecule has 0 saturated heterocycles. The predicted octanol–water partition coefficient (Wildman–Crippen LogP) is 4.85. The molecule has 1 amide bonds. The van der Waals surface area contributed by atoms with Crippen LogP contribution in [0.15, 0.2) is 41.0 Å². The van der Waals surface area contributed by atoms with Gasteiger partial charge in [0.15, 0.2) is 0 Å². The first-order valence-corrected chi connectivity index (χ1v) is 7.78. The molecule has 23 heavy (non-hydrogen) atoms. The lowest BCUT2D eigenvalue weighted by atomic mass is 10.0. The van der Waals surface area contributed by atoms with Gasteiger partial charge in [-0.05, 0) is 68.1 Å². The van der Waals surface area contributed by atoms with E-state index < -0.39 is 0 Å². The minimum absolute atomic E-state index is 0.0315. The summed E-state index contributed by atoms with van der Waals surface area (Å²) in [6.07, 6.45) is 2.00. The number of nitrogens with one attached hydrogen (secondary N) is 1. The third-order valence-corrected chi connectivity index (χ3v) is 4.23. The average molecular weight is 307 g/mol. The SMILES string of the molecule is Cc1cc(C)c2c(CC(=O)Nc3ccc(C)c(C)c3)coc2c1. The van der Waals surface area contributed by atoms with E-state index in [0.717, 1.165) is 33.3 Å². The smallest absolute Gasteiger partial charge is 0.228 e. The number of hydrogen-bond acceptors (Lipinski definition) is 2. The monoisotopic (exact) mass is 307 g/mol. The minimum atomic E-state index is -0.0315. The highest BCUT2D eigenvalue weighted by Crippen LogP contribution is 2.27. The average Bonchev–Trinajstić information content (AvgIpc) is 2.85. The highest BCUT2D eigenvalue weighted by atomic mass is 16.3. The molecule has 1 heterocycles. The lowest BCUT2D eigenvalue weighted by molar-refractivity contribution is -0.115. The number of fused-ring (bicyclic) bond motifs is 1. The molecule has 0 aliphatic carbocycles. The summed E-state index contributed by atoms with van der Waals surface area (Å²) in [5.74, 6) is -0.0315. The Kier molecular flexibility index (Phi) is 3.95. The Bertz CT molecular complexity index is 890. The maximum absolute atomic E-state index is 12.3. The van der Waals surface area contributed by atoms with E-state index >= 15 is 0 Å². The number of carbonyl (C=O) groups is 1. The van der Waals surface area contributed by atoms with Gasteiger partial charge in [0.05, 0.1) is 12.7 Å². The van der Waals surface area contributed by atoms with Crippen LogP contribution >= 0.6 is 0 Å². The second kappa shape index (κ2) is 5.92. The molecule has 0 unspecified atom stereocenters. The van der Waals surface area contributed by atoms with Crippen LogP contribution in [-0.4, -0.2) is 5.91 Å². The van der Waals surface area contributed by atoms with E-state index in [9.17, 15) is 4.79 Å². The highest BCUT2D eigenvalue weighted by Gasteiger charge is 2.13. The predicted molar refractivity (Wildman–Crippen MR) is 93.9 cm³/mol. The summed E-state index contributed by atoms with van der Waals surface area (Å²) in [4.78, 5) is 12.3. The molecule has 0 radical (unpaired) electrons. The van der Waals surface area contributed by atoms with E-state index in [1.54, 1.807) is 6.26 Å². The number of furan rings is 1. The molecule has 3 heteroatoms. The van der Waals surface area contributed by atoms with Crippen LogP contribution in [0.2, 0.25) is 0 Å². The van der Waals surface area contributed by atoms with Gasteiger partial charge in [0.1, 0.15) is 5.58 Å². The zero-order valence-electron chi connectivity index (χ0n) is 14.0. The standard InChI is InChI=1S/C20H21NO2/c1-12-7-15(4)20-16(11-23-18(20)8-12)10-19(22)21-17-6-5-13(2)14(3)9-17/h5-9,11H,10H2,1-4H3,(H,21,22). The van der Waals surface area contributed by atoms with E-state index in [2.05, 4.69) is 25.2 Å². The molecule has 3 rings (SSSR count). The van der Waals surface area contributed by atoms with E-state index in [0.29, 0.717) is 6.42 Å². The van der Waals surface area contributed by atoms with E-state index in [4.69, 9.17) is 4.42 Å². The van der Waals surface area contributed by atoms with Gasteiger partial charge in [-0.1, -0.05) is 12.1 Å². The first-order chi connectivity index (χ1) is 10.9. The molecular weight excluding hydrogens is 286 g/mol. The molecule has 0 atom stereocenters. The van der Waals surface area contributed by atoms with Gasteiger partial charge in [0.25, 0.3) is 0 Å². The summed E-state index contributed by atoms with van der Waals surface area (Å²) in [5.41, 5.74) is 7.30. The fraction of sp³-hybridized carbons (Fsp3) is 0.250. The maximum atomic E-state index is 12.3. The number of amides is 1. The van der Waals surface area contributed by atoms with Crippen molar-refractivity contribution in [3.05, 3.63) is 64.4 Å². The summed E-state index contributed by atoms with van der Waals surface area (Å²) >= 11 is 0. The van der Waals surface area contributed by atoms with Crippen LogP contribution in [0.25, 0.3) is 11.0 Å². The second-order valence-corrected chi connectivity index (χ2v) is 6.24. The Labute approximate surface area is 136 Å². The Morgan fingerprint density at radius 3 is 2.52 bits per heavy atom. The first kappa shape index (κ1) is 15.3. The normalized spacial score (nSPS) is 11.0. The van der Waals surface area contributed by atoms with Crippen LogP contribution in [0.1, 0.15) is 27.8 Å². The molecule has 0 fully saturated rings. The van der Waals surface area contributed by atoms with Crippen molar-refractivity contribution in [1.29, 1.82) is 0 Å². The molecule has 0 aliphatic rings. The summed E-state index contributed by atoms with van der Waals surface area (Å²) in [5, 5.41) is 4.01. The van der Waals surface area contributed by atoms with Crippen molar-refractivity contribution in [2.24, 2.45) is 0 Å². The lowest BCUT2D eigenvalue weighted by Gasteiger charge is -2.07. The molecule has 2 aromatic carbocycles. The summed E-state index contributed by atoms with van der Waals surface area (Å²) in [7, 11) is 0. The first-order valence-electron chi connectivity index (χ1n) is 7.78. The van der Waals surface area contributed by atoms with Gasteiger partial charge >= 0.3 is 0 Å². The van der Waals surface area contributed by atoms with E-state index in [1.807, 2.05) is 38.1 Å². The van der Waals surface area contributed by atoms with Crippen LogP contribution < -0.4 is 5.32 Å². The van der Waals surface area contributed by atoms with Crippen molar-refractivity contribution < 1.29 is 9.21 Å². The quantitative estimate of drug-likeness (QED) is 0.751. The minimum Gasteiger partial charge on any atom is -0.464 e. The van der Waals surface area contributed by atoms with Crippen LogP contribution in [-0.2, 0) is 11.2 Å². The van der Waals surface area contributed by atoms with Crippen LogP contribution in [0, 0.1) is 27.7 Å². The molecule has 1 aromatic heterocycles. The van der Waals surface area contributed by atoms with Crippen molar-refractivity contribution in [2.45, 2.75) is 34.1 Å². The second-order valence-electron chi connectivity index (χ2n) is 6.24. The molecule has 3 aromatic rings. The lowest BCUT2D eigenvalue weighted by Crippen LogP contribution is -2.14. The van der Waals surface area contributed by atoms with Crippen molar-refractivity contribution >= 4 is 22.6 Å². The Balaban J connectivity index is 1.81. The van der Waals surface area contributed by atoms with Gasteiger partial charge in [-0.2, -0.15) is 0 Å². The highest BCUT2D eigenvalue weighted by molar-refractivity contribution is 5.96. The van der Waals surface area contributed by atoms with Crippen molar-refractivity contribution in [3.63, 3.8) is 0 Å². The molecule has 0 saturated carbocycles. The van der Waals surface area contributed by atoms with Gasteiger partial charge in [0.2, 0.25) is 5.91 Å². The number of hydrogen-bond donors (Lipinski definition) is 1. The number of rotatable bonds is 3. The largest absolute Gasteiger partial charge is 0.464 e. The Hall–Kier alpha value is -2.55. The van der Waals surface area contributed by atoms with E-state index in [1.165, 1.54) is 11.1 Å². The molecular formula is C20H21NO2. The van der Waals surface area contributed by atoms with Gasteiger partial charge in [-0.25, -0.2) is 0 Å². The van der Waals surface area contributed by atoms with Crippen molar-refractivity contribution in [1.82, 2.24) is 0 Å². The number of aryl methyl sites for hydroxylation is 4. The third kappa shape index (κ3) is 3.14. The molecule has 1 N–H and O–H groups in total.